The molecular formula is C11H24N2OS. The van der Waals surface area contributed by atoms with Crippen molar-refractivity contribution in [3.63, 3.8) is 0 Å². The van der Waals surface area contributed by atoms with Gasteiger partial charge in [-0.3, -0.25) is 4.79 Å². The van der Waals surface area contributed by atoms with Crippen LogP contribution in [-0.4, -0.2) is 29.5 Å². The Balaban J connectivity index is 3.51. The zero-order valence-electron chi connectivity index (χ0n) is 10.1. The lowest BCUT2D eigenvalue weighted by Gasteiger charge is -2.12. The summed E-state index contributed by atoms with van der Waals surface area (Å²) < 4.78 is 0. The molecule has 15 heavy (non-hydrogen) atoms. The molecule has 0 aliphatic rings. The van der Waals surface area contributed by atoms with Crippen molar-refractivity contribution in [3.05, 3.63) is 0 Å². The van der Waals surface area contributed by atoms with E-state index in [1.165, 1.54) is 12.8 Å². The minimum Gasteiger partial charge on any atom is -0.355 e. The Kier molecular flexibility index (Phi) is 8.91. The van der Waals surface area contributed by atoms with E-state index in [1.807, 2.05) is 13.8 Å². The van der Waals surface area contributed by atoms with Gasteiger partial charge in [0.25, 0.3) is 0 Å². The topological polar surface area (TPSA) is 55.1 Å². The lowest BCUT2D eigenvalue weighted by atomic mass is 10.2. The predicted molar refractivity (Wildman–Crippen MR) is 68.1 cm³/mol. The number of hydrogen-bond donors (Lipinski definition) is 2. The molecule has 0 heterocycles. The molecule has 0 spiro atoms. The molecule has 4 heteroatoms. The minimum absolute atomic E-state index is 0.0117. The van der Waals surface area contributed by atoms with Crippen LogP contribution in [0.4, 0.5) is 0 Å². The fourth-order valence-electron chi connectivity index (χ4n) is 1.10. The van der Waals surface area contributed by atoms with Gasteiger partial charge in [-0.25, -0.2) is 0 Å². The Labute approximate surface area is 97.6 Å². The van der Waals surface area contributed by atoms with Gasteiger partial charge in [-0.05, 0) is 20.3 Å². The van der Waals surface area contributed by atoms with Crippen LogP contribution in [0, 0.1) is 0 Å². The first-order valence-electron chi connectivity index (χ1n) is 5.72. The maximum atomic E-state index is 11.5. The number of unbranched alkanes of at least 4 members (excludes halogenated alkanes) is 2. The van der Waals surface area contributed by atoms with Crippen molar-refractivity contribution in [3.8, 4) is 0 Å². The second-order valence-corrected chi connectivity index (χ2v) is 5.32. The van der Waals surface area contributed by atoms with Crippen molar-refractivity contribution in [1.29, 1.82) is 0 Å². The fraction of sp³-hybridized carbons (Fsp3) is 0.909. The zero-order chi connectivity index (χ0) is 11.7. The first kappa shape index (κ1) is 14.8. The molecule has 0 aliphatic carbocycles. The normalized spacial score (nSPS) is 14.7. The summed E-state index contributed by atoms with van der Waals surface area (Å²) >= 11 is 1.62. The third-order valence-corrected chi connectivity index (χ3v) is 3.49. The highest BCUT2D eigenvalue weighted by molar-refractivity contribution is 8.00. The average molecular weight is 232 g/mol. The Morgan fingerprint density at radius 3 is 2.60 bits per heavy atom. The number of hydrogen-bond acceptors (Lipinski definition) is 3. The molecule has 0 aromatic heterocycles. The summed E-state index contributed by atoms with van der Waals surface area (Å²) in [4.78, 5) is 11.5. The number of carbonyl (C=O) groups is 1. The Morgan fingerprint density at radius 1 is 1.40 bits per heavy atom. The fourth-order valence-corrected chi connectivity index (χ4v) is 1.93. The monoisotopic (exact) mass is 232 g/mol. The number of nitrogens with two attached hydrogens (primary N) is 1. The highest BCUT2D eigenvalue weighted by Gasteiger charge is 2.12. The minimum atomic E-state index is 0.0117. The molecule has 0 rings (SSSR count). The van der Waals surface area contributed by atoms with Gasteiger partial charge in [0, 0.05) is 18.3 Å². The summed E-state index contributed by atoms with van der Waals surface area (Å²) in [5.74, 6) is 0.973. The molecule has 0 aromatic rings. The van der Waals surface area contributed by atoms with E-state index in [1.54, 1.807) is 11.8 Å². The SMILES string of the molecule is CCCCCNC(=O)C(C)SCC(C)N. The summed E-state index contributed by atoms with van der Waals surface area (Å²) in [6.45, 7) is 6.85. The van der Waals surface area contributed by atoms with Gasteiger partial charge in [0.15, 0.2) is 0 Å². The first-order valence-corrected chi connectivity index (χ1v) is 6.77. The molecule has 90 valence electrons. The number of rotatable bonds is 8. The van der Waals surface area contributed by atoms with Gasteiger partial charge >= 0.3 is 0 Å². The highest BCUT2D eigenvalue weighted by Crippen LogP contribution is 2.10. The molecule has 0 radical (unpaired) electrons. The lowest BCUT2D eigenvalue weighted by molar-refractivity contribution is -0.120. The molecular weight excluding hydrogens is 208 g/mol. The van der Waals surface area contributed by atoms with Crippen LogP contribution in [-0.2, 0) is 4.79 Å². The number of carbonyl (C=O) groups excluding carboxylic acids is 1. The van der Waals surface area contributed by atoms with Crippen molar-refractivity contribution in [2.45, 2.75) is 51.3 Å². The van der Waals surface area contributed by atoms with Gasteiger partial charge in [0.2, 0.25) is 5.91 Å². The van der Waals surface area contributed by atoms with E-state index in [4.69, 9.17) is 5.73 Å². The third-order valence-electron chi connectivity index (χ3n) is 2.06. The molecule has 2 unspecified atom stereocenters. The summed E-state index contributed by atoms with van der Waals surface area (Å²) in [6.07, 6.45) is 3.44. The van der Waals surface area contributed by atoms with Gasteiger partial charge in [-0.15, -0.1) is 11.8 Å². The standard InChI is InChI=1S/C11H24N2OS/c1-4-5-6-7-13-11(14)10(3)15-8-9(2)12/h9-10H,4-8,12H2,1-3H3,(H,13,14). The summed E-state index contributed by atoms with van der Waals surface area (Å²) in [7, 11) is 0. The van der Waals surface area contributed by atoms with E-state index in [2.05, 4.69) is 12.2 Å². The van der Waals surface area contributed by atoms with Gasteiger partial charge in [-0.2, -0.15) is 0 Å². The number of nitrogens with one attached hydrogen (secondary N) is 1. The Bertz CT molecular complexity index is 174. The van der Waals surface area contributed by atoms with Crippen molar-refractivity contribution >= 4 is 17.7 Å². The van der Waals surface area contributed by atoms with Crippen LogP contribution in [0.2, 0.25) is 0 Å². The van der Waals surface area contributed by atoms with Crippen LogP contribution in [0.15, 0.2) is 0 Å². The average Bonchev–Trinajstić information content (AvgIpc) is 2.20. The van der Waals surface area contributed by atoms with E-state index in [0.717, 1.165) is 18.7 Å². The molecule has 3 nitrogen and oxygen atoms in total. The van der Waals surface area contributed by atoms with Crippen LogP contribution in [0.3, 0.4) is 0 Å². The van der Waals surface area contributed by atoms with Crippen molar-refractivity contribution in [1.82, 2.24) is 5.32 Å². The van der Waals surface area contributed by atoms with E-state index >= 15 is 0 Å². The van der Waals surface area contributed by atoms with E-state index < -0.39 is 0 Å². The zero-order valence-corrected chi connectivity index (χ0v) is 10.9. The molecule has 1 amide bonds. The van der Waals surface area contributed by atoms with Gasteiger partial charge in [0.05, 0.1) is 5.25 Å². The summed E-state index contributed by atoms with van der Waals surface area (Å²) in [5, 5.41) is 2.95. The van der Waals surface area contributed by atoms with Gasteiger partial charge in [0.1, 0.15) is 0 Å². The smallest absolute Gasteiger partial charge is 0.232 e. The van der Waals surface area contributed by atoms with E-state index in [-0.39, 0.29) is 17.2 Å². The molecule has 0 fully saturated rings. The van der Waals surface area contributed by atoms with Crippen LogP contribution >= 0.6 is 11.8 Å². The summed E-state index contributed by atoms with van der Waals surface area (Å²) in [5.41, 5.74) is 5.63. The van der Waals surface area contributed by atoms with Crippen LogP contribution in [0.25, 0.3) is 0 Å². The van der Waals surface area contributed by atoms with Gasteiger partial charge in [-0.1, -0.05) is 19.8 Å². The second kappa shape index (κ2) is 9.04. The van der Waals surface area contributed by atoms with Crippen molar-refractivity contribution in [2.24, 2.45) is 5.73 Å². The number of amides is 1. The predicted octanol–water partition coefficient (Wildman–Crippen LogP) is 1.76. The van der Waals surface area contributed by atoms with Crippen molar-refractivity contribution in [2.75, 3.05) is 12.3 Å². The van der Waals surface area contributed by atoms with E-state index in [0.29, 0.717) is 0 Å². The molecule has 0 saturated heterocycles. The maximum Gasteiger partial charge on any atom is 0.232 e. The maximum absolute atomic E-state index is 11.5. The third kappa shape index (κ3) is 8.75. The molecule has 0 aliphatic heterocycles. The molecule has 0 aromatic carbocycles. The van der Waals surface area contributed by atoms with Gasteiger partial charge < -0.3 is 11.1 Å². The summed E-state index contributed by atoms with van der Waals surface area (Å²) in [6, 6.07) is 0.158. The lowest BCUT2D eigenvalue weighted by Crippen LogP contribution is -2.33. The molecule has 3 N–H and O–H groups in total. The van der Waals surface area contributed by atoms with Crippen LogP contribution in [0.5, 0.6) is 0 Å². The quantitative estimate of drug-likeness (QED) is 0.627. The first-order chi connectivity index (χ1) is 7.07. The molecule has 0 saturated carbocycles. The Hall–Kier alpha value is -0.220. The van der Waals surface area contributed by atoms with Crippen molar-refractivity contribution < 1.29 is 4.79 Å². The van der Waals surface area contributed by atoms with E-state index in [9.17, 15) is 4.79 Å². The molecule has 2 atom stereocenters. The largest absolute Gasteiger partial charge is 0.355 e. The molecule has 0 bridgehead atoms. The Morgan fingerprint density at radius 2 is 2.07 bits per heavy atom. The number of thioether (sulfide) groups is 1. The highest BCUT2D eigenvalue weighted by atomic mass is 32.2. The van der Waals surface area contributed by atoms with Crippen LogP contribution in [0.1, 0.15) is 40.0 Å². The second-order valence-electron chi connectivity index (χ2n) is 3.95. The van der Waals surface area contributed by atoms with Crippen LogP contribution < -0.4 is 11.1 Å².